The van der Waals surface area contributed by atoms with Crippen LogP contribution in [-0.2, 0) is 4.79 Å². The number of benzene rings is 1. The van der Waals surface area contributed by atoms with Gasteiger partial charge in [-0.15, -0.1) is 0 Å². The highest BCUT2D eigenvalue weighted by molar-refractivity contribution is 9.11. The van der Waals surface area contributed by atoms with Gasteiger partial charge >= 0.3 is 0 Å². The Morgan fingerprint density at radius 3 is 2.79 bits per heavy atom. The van der Waals surface area contributed by atoms with Gasteiger partial charge in [0.15, 0.2) is 0 Å². The average Bonchev–Trinajstić information content (AvgIpc) is 2.56. The predicted molar refractivity (Wildman–Crippen MR) is 62.0 cm³/mol. The normalized spacial score (nSPS) is 21.0. The minimum atomic E-state index is 0.141. The third-order valence-electron chi connectivity index (χ3n) is 2.33. The second-order valence-corrected chi connectivity index (χ2v) is 5.09. The molecule has 0 saturated carbocycles. The number of carbonyl (C=O) groups excluding carboxylic acids is 1. The molecule has 0 aromatic heterocycles. The Kier molecular flexibility index (Phi) is 2.93. The molecule has 1 aromatic carbocycles. The fourth-order valence-corrected chi connectivity index (χ4v) is 2.53. The quantitative estimate of drug-likeness (QED) is 0.846. The molecular formula is C10H9Br2NO. The van der Waals surface area contributed by atoms with Crippen LogP contribution in [0.2, 0.25) is 0 Å². The highest BCUT2D eigenvalue weighted by Crippen LogP contribution is 2.31. The molecule has 2 rings (SSSR count). The van der Waals surface area contributed by atoms with Crippen LogP contribution >= 0.6 is 31.9 Å². The summed E-state index contributed by atoms with van der Waals surface area (Å²) >= 11 is 6.91. The Morgan fingerprint density at radius 1 is 1.36 bits per heavy atom. The summed E-state index contributed by atoms with van der Waals surface area (Å²) in [7, 11) is 0. The minimum Gasteiger partial charge on any atom is -0.349 e. The van der Waals surface area contributed by atoms with Gasteiger partial charge in [0.2, 0.25) is 5.91 Å². The van der Waals surface area contributed by atoms with Crippen molar-refractivity contribution >= 4 is 37.8 Å². The lowest BCUT2D eigenvalue weighted by molar-refractivity contribution is -0.119. The molecule has 1 fully saturated rings. The van der Waals surface area contributed by atoms with Gasteiger partial charge in [0.05, 0.1) is 6.04 Å². The fraction of sp³-hybridized carbons (Fsp3) is 0.300. The number of hydrogen-bond acceptors (Lipinski definition) is 1. The highest BCUT2D eigenvalue weighted by Gasteiger charge is 2.23. The average molecular weight is 319 g/mol. The number of amides is 1. The van der Waals surface area contributed by atoms with E-state index in [1.54, 1.807) is 0 Å². The molecule has 2 nitrogen and oxygen atoms in total. The molecule has 1 atom stereocenters. The SMILES string of the molecule is O=C1CC[C@H](c2cc(Br)ccc2Br)N1. The molecule has 1 aliphatic rings. The molecule has 1 aromatic rings. The number of halogens is 2. The molecule has 0 bridgehead atoms. The van der Waals surface area contributed by atoms with Gasteiger partial charge in [-0.05, 0) is 30.2 Å². The van der Waals surface area contributed by atoms with Crippen LogP contribution in [0.1, 0.15) is 24.4 Å². The van der Waals surface area contributed by atoms with Crippen molar-refractivity contribution in [3.8, 4) is 0 Å². The molecule has 0 aliphatic carbocycles. The van der Waals surface area contributed by atoms with Crippen LogP contribution in [0, 0.1) is 0 Å². The van der Waals surface area contributed by atoms with Gasteiger partial charge in [-0.2, -0.15) is 0 Å². The third kappa shape index (κ3) is 2.01. The summed E-state index contributed by atoms with van der Waals surface area (Å²) in [6.45, 7) is 0. The molecule has 74 valence electrons. The second kappa shape index (κ2) is 4.03. The van der Waals surface area contributed by atoms with Crippen molar-refractivity contribution in [1.82, 2.24) is 5.32 Å². The largest absolute Gasteiger partial charge is 0.349 e. The van der Waals surface area contributed by atoms with Gasteiger partial charge in [0, 0.05) is 15.4 Å². The van der Waals surface area contributed by atoms with E-state index in [0.29, 0.717) is 6.42 Å². The van der Waals surface area contributed by atoms with Crippen molar-refractivity contribution < 1.29 is 4.79 Å². The van der Waals surface area contributed by atoms with E-state index >= 15 is 0 Å². The molecule has 1 aliphatic heterocycles. The van der Waals surface area contributed by atoms with Crippen molar-refractivity contribution in [3.05, 3.63) is 32.7 Å². The van der Waals surface area contributed by atoms with Gasteiger partial charge in [0.25, 0.3) is 0 Å². The van der Waals surface area contributed by atoms with Gasteiger partial charge in [0.1, 0.15) is 0 Å². The van der Waals surface area contributed by atoms with Crippen molar-refractivity contribution in [1.29, 1.82) is 0 Å². The van der Waals surface area contributed by atoms with E-state index < -0.39 is 0 Å². The summed E-state index contributed by atoms with van der Waals surface area (Å²) in [5, 5.41) is 2.95. The van der Waals surface area contributed by atoms with E-state index in [1.165, 1.54) is 0 Å². The maximum atomic E-state index is 11.1. The molecular weight excluding hydrogens is 310 g/mol. The van der Waals surface area contributed by atoms with E-state index in [9.17, 15) is 4.79 Å². The first-order valence-corrected chi connectivity index (χ1v) is 6.00. The van der Waals surface area contributed by atoms with Crippen LogP contribution in [0.3, 0.4) is 0 Å². The van der Waals surface area contributed by atoms with Crippen LogP contribution in [0.25, 0.3) is 0 Å². The van der Waals surface area contributed by atoms with Crippen LogP contribution in [0.15, 0.2) is 27.1 Å². The Balaban J connectivity index is 2.31. The summed E-state index contributed by atoms with van der Waals surface area (Å²) in [6.07, 6.45) is 1.51. The van der Waals surface area contributed by atoms with Gasteiger partial charge in [-0.25, -0.2) is 0 Å². The Bertz CT molecular complexity index is 378. The smallest absolute Gasteiger partial charge is 0.220 e. The first kappa shape index (κ1) is 10.2. The topological polar surface area (TPSA) is 29.1 Å². The predicted octanol–water partition coefficient (Wildman–Crippen LogP) is 3.16. The Labute approximate surface area is 99.3 Å². The van der Waals surface area contributed by atoms with Crippen molar-refractivity contribution in [2.45, 2.75) is 18.9 Å². The fourth-order valence-electron chi connectivity index (χ4n) is 1.63. The van der Waals surface area contributed by atoms with Crippen LogP contribution in [-0.4, -0.2) is 5.91 Å². The lowest BCUT2D eigenvalue weighted by Crippen LogP contribution is -2.18. The standard InChI is InChI=1S/C10H9Br2NO/c11-6-1-2-8(12)7(5-6)9-3-4-10(14)13-9/h1-2,5,9H,3-4H2,(H,13,14)/t9-/m1/s1. The van der Waals surface area contributed by atoms with E-state index in [1.807, 2.05) is 18.2 Å². The molecule has 1 N–H and O–H groups in total. The summed E-state index contributed by atoms with van der Waals surface area (Å²) in [6, 6.07) is 6.17. The highest BCUT2D eigenvalue weighted by atomic mass is 79.9. The number of nitrogens with one attached hydrogen (secondary N) is 1. The van der Waals surface area contributed by atoms with E-state index in [-0.39, 0.29) is 11.9 Å². The number of rotatable bonds is 1. The molecule has 1 saturated heterocycles. The molecule has 1 heterocycles. The summed E-state index contributed by atoms with van der Waals surface area (Å²) < 4.78 is 2.09. The minimum absolute atomic E-state index is 0.141. The van der Waals surface area contributed by atoms with Gasteiger partial charge in [-0.3, -0.25) is 4.79 Å². The lowest BCUT2D eigenvalue weighted by atomic mass is 10.1. The molecule has 0 unspecified atom stereocenters. The monoisotopic (exact) mass is 317 g/mol. The summed E-state index contributed by atoms with van der Waals surface area (Å²) in [5.74, 6) is 0.141. The third-order valence-corrected chi connectivity index (χ3v) is 3.54. The molecule has 4 heteroatoms. The van der Waals surface area contributed by atoms with Crippen molar-refractivity contribution in [2.75, 3.05) is 0 Å². The zero-order chi connectivity index (χ0) is 10.1. The number of carbonyl (C=O) groups is 1. The first-order chi connectivity index (χ1) is 6.66. The Morgan fingerprint density at radius 2 is 2.14 bits per heavy atom. The zero-order valence-electron chi connectivity index (χ0n) is 7.39. The summed E-state index contributed by atoms with van der Waals surface area (Å²) in [5.41, 5.74) is 1.14. The van der Waals surface area contributed by atoms with E-state index in [0.717, 1.165) is 20.9 Å². The zero-order valence-corrected chi connectivity index (χ0v) is 10.6. The number of hydrogen-bond donors (Lipinski definition) is 1. The molecule has 14 heavy (non-hydrogen) atoms. The maximum Gasteiger partial charge on any atom is 0.220 e. The van der Waals surface area contributed by atoms with E-state index in [2.05, 4.69) is 37.2 Å². The van der Waals surface area contributed by atoms with Crippen molar-refractivity contribution in [3.63, 3.8) is 0 Å². The van der Waals surface area contributed by atoms with Crippen molar-refractivity contribution in [2.24, 2.45) is 0 Å². The molecule has 0 spiro atoms. The van der Waals surface area contributed by atoms with Crippen LogP contribution in [0.4, 0.5) is 0 Å². The second-order valence-electron chi connectivity index (χ2n) is 3.32. The molecule has 1 amide bonds. The first-order valence-electron chi connectivity index (χ1n) is 4.41. The van der Waals surface area contributed by atoms with Gasteiger partial charge in [-0.1, -0.05) is 31.9 Å². The van der Waals surface area contributed by atoms with Crippen LogP contribution < -0.4 is 5.32 Å². The van der Waals surface area contributed by atoms with Crippen LogP contribution in [0.5, 0.6) is 0 Å². The Hall–Kier alpha value is -0.350. The van der Waals surface area contributed by atoms with E-state index in [4.69, 9.17) is 0 Å². The maximum absolute atomic E-state index is 11.1. The molecule has 0 radical (unpaired) electrons. The van der Waals surface area contributed by atoms with Gasteiger partial charge < -0.3 is 5.32 Å². The lowest BCUT2D eigenvalue weighted by Gasteiger charge is -2.12. The summed E-state index contributed by atoms with van der Waals surface area (Å²) in [4.78, 5) is 11.1.